The highest BCUT2D eigenvalue weighted by molar-refractivity contribution is 5.90. The van der Waals surface area contributed by atoms with E-state index in [1.165, 1.54) is 0 Å². The third-order valence-electron chi connectivity index (χ3n) is 3.61. The lowest BCUT2D eigenvalue weighted by Crippen LogP contribution is -2.28. The Morgan fingerprint density at radius 2 is 1.82 bits per heavy atom. The van der Waals surface area contributed by atoms with Gasteiger partial charge in [-0.15, -0.1) is 0 Å². The van der Waals surface area contributed by atoms with Gasteiger partial charge in [0.25, 0.3) is 0 Å². The Kier molecular flexibility index (Phi) is 3.87. The van der Waals surface area contributed by atoms with E-state index in [0.717, 1.165) is 33.9 Å². The number of ether oxygens (including phenoxy) is 2. The molecule has 1 heterocycles. The molecular formula is C17H18N2O3. The molecule has 0 bridgehead atoms. The monoisotopic (exact) mass is 298 g/mol. The van der Waals surface area contributed by atoms with Crippen molar-refractivity contribution < 1.29 is 14.3 Å². The van der Waals surface area contributed by atoms with Crippen LogP contribution in [0.2, 0.25) is 0 Å². The fourth-order valence-electron chi connectivity index (χ4n) is 2.40. The van der Waals surface area contributed by atoms with Gasteiger partial charge in [0.15, 0.2) is 11.5 Å². The number of urea groups is 1. The average molecular weight is 298 g/mol. The third kappa shape index (κ3) is 2.98. The zero-order chi connectivity index (χ0) is 15.5. The van der Waals surface area contributed by atoms with Gasteiger partial charge < -0.3 is 20.1 Å². The zero-order valence-electron chi connectivity index (χ0n) is 12.6. The molecule has 1 aliphatic heterocycles. The van der Waals surface area contributed by atoms with Crippen LogP contribution in [0.3, 0.4) is 0 Å². The summed E-state index contributed by atoms with van der Waals surface area (Å²) in [6.45, 7) is 4.62. The van der Waals surface area contributed by atoms with Gasteiger partial charge in [-0.1, -0.05) is 24.3 Å². The number of carbonyl (C=O) groups is 1. The smallest absolute Gasteiger partial charge is 0.319 e. The van der Waals surface area contributed by atoms with Crippen molar-refractivity contribution in [2.45, 2.75) is 20.4 Å². The number of benzene rings is 2. The Morgan fingerprint density at radius 3 is 2.59 bits per heavy atom. The summed E-state index contributed by atoms with van der Waals surface area (Å²) in [4.78, 5) is 12.0. The summed E-state index contributed by atoms with van der Waals surface area (Å²) < 4.78 is 10.6. The summed E-state index contributed by atoms with van der Waals surface area (Å²) in [5.41, 5.74) is 3.89. The van der Waals surface area contributed by atoms with Gasteiger partial charge in [-0.25, -0.2) is 4.79 Å². The molecule has 0 aromatic heterocycles. The predicted molar refractivity (Wildman–Crippen MR) is 84.3 cm³/mol. The lowest BCUT2D eigenvalue weighted by Gasteiger charge is -2.12. The first-order chi connectivity index (χ1) is 10.6. The lowest BCUT2D eigenvalue weighted by atomic mass is 10.1. The highest BCUT2D eigenvalue weighted by Gasteiger charge is 2.13. The van der Waals surface area contributed by atoms with Crippen molar-refractivity contribution in [1.82, 2.24) is 5.32 Å². The predicted octanol–water partition coefficient (Wildman–Crippen LogP) is 3.35. The highest BCUT2D eigenvalue weighted by Crippen LogP contribution is 2.32. The second-order valence-corrected chi connectivity index (χ2v) is 5.26. The summed E-state index contributed by atoms with van der Waals surface area (Å²) >= 11 is 0. The number of anilines is 1. The number of nitrogens with one attached hydrogen (secondary N) is 2. The fraction of sp³-hybridized carbons (Fsp3) is 0.235. The molecule has 1 aliphatic rings. The Morgan fingerprint density at radius 1 is 1.09 bits per heavy atom. The number of amides is 2. The van der Waals surface area contributed by atoms with E-state index in [-0.39, 0.29) is 12.8 Å². The second kappa shape index (κ2) is 5.97. The Balaban J connectivity index is 1.61. The maximum Gasteiger partial charge on any atom is 0.319 e. The third-order valence-corrected chi connectivity index (χ3v) is 3.61. The van der Waals surface area contributed by atoms with Gasteiger partial charge in [-0.05, 0) is 42.7 Å². The van der Waals surface area contributed by atoms with E-state index in [2.05, 4.69) is 10.6 Å². The first-order valence-electron chi connectivity index (χ1n) is 7.13. The minimum atomic E-state index is -0.227. The highest BCUT2D eigenvalue weighted by atomic mass is 16.7. The van der Waals surface area contributed by atoms with Crippen molar-refractivity contribution in [2.75, 3.05) is 12.1 Å². The molecule has 0 atom stereocenters. The van der Waals surface area contributed by atoms with Gasteiger partial charge in [0.2, 0.25) is 6.79 Å². The van der Waals surface area contributed by atoms with E-state index in [0.29, 0.717) is 6.54 Å². The molecule has 5 heteroatoms. The molecule has 2 aromatic rings. The van der Waals surface area contributed by atoms with Crippen molar-refractivity contribution in [3.63, 3.8) is 0 Å². The molecule has 3 rings (SSSR count). The normalized spacial score (nSPS) is 12.1. The molecular weight excluding hydrogens is 280 g/mol. The second-order valence-electron chi connectivity index (χ2n) is 5.26. The number of fused-ring (bicyclic) bond motifs is 1. The molecule has 5 nitrogen and oxygen atoms in total. The average Bonchev–Trinajstić information content (AvgIpc) is 2.96. The van der Waals surface area contributed by atoms with Crippen molar-refractivity contribution in [1.29, 1.82) is 0 Å². The molecule has 0 saturated carbocycles. The van der Waals surface area contributed by atoms with Gasteiger partial charge >= 0.3 is 6.03 Å². The molecule has 2 N–H and O–H groups in total. The zero-order valence-corrected chi connectivity index (χ0v) is 12.6. The van der Waals surface area contributed by atoms with Gasteiger partial charge in [0, 0.05) is 12.2 Å². The first kappa shape index (κ1) is 14.3. The van der Waals surface area contributed by atoms with Gasteiger partial charge in [-0.2, -0.15) is 0 Å². The number of aryl methyl sites for hydroxylation is 2. The standard InChI is InChI=1S/C17H18N2O3/c1-11-4-3-5-12(2)16(11)19-17(20)18-9-13-6-7-14-15(8-13)22-10-21-14/h3-8H,9-10H2,1-2H3,(H2,18,19,20). The van der Waals surface area contributed by atoms with Crippen LogP contribution in [0.1, 0.15) is 16.7 Å². The molecule has 0 saturated heterocycles. The van der Waals surface area contributed by atoms with Gasteiger partial charge in [-0.3, -0.25) is 0 Å². The van der Waals surface area contributed by atoms with E-state index < -0.39 is 0 Å². The molecule has 0 aliphatic carbocycles. The number of carbonyl (C=O) groups excluding carboxylic acids is 1. The summed E-state index contributed by atoms with van der Waals surface area (Å²) in [7, 11) is 0. The number of rotatable bonds is 3. The minimum absolute atomic E-state index is 0.227. The Labute approximate surface area is 129 Å². The van der Waals surface area contributed by atoms with Crippen molar-refractivity contribution in [3.05, 3.63) is 53.1 Å². The molecule has 0 fully saturated rings. The number of hydrogen-bond acceptors (Lipinski definition) is 3. The SMILES string of the molecule is Cc1cccc(C)c1NC(=O)NCc1ccc2c(c1)OCO2. The Hall–Kier alpha value is -2.69. The molecule has 22 heavy (non-hydrogen) atoms. The summed E-state index contributed by atoms with van der Waals surface area (Å²) in [6.07, 6.45) is 0. The molecule has 0 unspecified atom stereocenters. The van der Waals surface area contributed by atoms with Crippen molar-refractivity contribution >= 4 is 11.7 Å². The lowest BCUT2D eigenvalue weighted by molar-refractivity contribution is 0.174. The molecule has 2 amide bonds. The molecule has 2 aromatic carbocycles. The van der Waals surface area contributed by atoms with Crippen LogP contribution >= 0.6 is 0 Å². The number of hydrogen-bond donors (Lipinski definition) is 2. The van der Waals surface area contributed by atoms with Crippen LogP contribution in [0.15, 0.2) is 36.4 Å². The summed E-state index contributed by atoms with van der Waals surface area (Å²) in [5, 5.41) is 5.74. The fourth-order valence-corrected chi connectivity index (χ4v) is 2.40. The topological polar surface area (TPSA) is 59.6 Å². The van der Waals surface area contributed by atoms with Gasteiger partial charge in [0.05, 0.1) is 0 Å². The van der Waals surface area contributed by atoms with Gasteiger partial charge in [0.1, 0.15) is 0 Å². The minimum Gasteiger partial charge on any atom is -0.454 e. The number of para-hydroxylation sites is 1. The molecule has 0 radical (unpaired) electrons. The molecule has 114 valence electrons. The molecule has 0 spiro atoms. The van der Waals surface area contributed by atoms with Crippen LogP contribution in [-0.2, 0) is 6.54 Å². The van der Waals surface area contributed by atoms with E-state index in [1.54, 1.807) is 0 Å². The summed E-state index contributed by atoms with van der Waals surface area (Å²) in [6, 6.07) is 11.3. The van der Waals surface area contributed by atoms with E-state index in [1.807, 2.05) is 50.2 Å². The van der Waals surface area contributed by atoms with Crippen LogP contribution in [0, 0.1) is 13.8 Å². The first-order valence-corrected chi connectivity index (χ1v) is 7.13. The quantitative estimate of drug-likeness (QED) is 0.913. The summed E-state index contributed by atoms with van der Waals surface area (Å²) in [5.74, 6) is 1.46. The van der Waals surface area contributed by atoms with Crippen LogP contribution in [0.25, 0.3) is 0 Å². The van der Waals surface area contributed by atoms with Crippen LogP contribution in [0.5, 0.6) is 11.5 Å². The van der Waals surface area contributed by atoms with Crippen LogP contribution in [-0.4, -0.2) is 12.8 Å². The van der Waals surface area contributed by atoms with E-state index >= 15 is 0 Å². The maximum absolute atomic E-state index is 12.0. The Bertz CT molecular complexity index is 693. The van der Waals surface area contributed by atoms with Crippen LogP contribution in [0.4, 0.5) is 10.5 Å². The van der Waals surface area contributed by atoms with Crippen molar-refractivity contribution in [2.24, 2.45) is 0 Å². The van der Waals surface area contributed by atoms with E-state index in [9.17, 15) is 4.79 Å². The van der Waals surface area contributed by atoms with Crippen molar-refractivity contribution in [3.8, 4) is 11.5 Å². The largest absolute Gasteiger partial charge is 0.454 e. The maximum atomic E-state index is 12.0. The van der Waals surface area contributed by atoms with E-state index in [4.69, 9.17) is 9.47 Å². The van der Waals surface area contributed by atoms with Crippen LogP contribution < -0.4 is 20.1 Å².